The van der Waals surface area contributed by atoms with Crippen molar-refractivity contribution in [1.29, 1.82) is 0 Å². The molecule has 5 nitrogen and oxygen atoms in total. The van der Waals surface area contributed by atoms with Gasteiger partial charge in [-0.1, -0.05) is 30.3 Å². The van der Waals surface area contributed by atoms with Gasteiger partial charge in [-0.05, 0) is 32.8 Å². The summed E-state index contributed by atoms with van der Waals surface area (Å²) < 4.78 is 0. The van der Waals surface area contributed by atoms with Crippen LogP contribution >= 0.6 is 35.3 Å². The summed E-state index contributed by atoms with van der Waals surface area (Å²) in [4.78, 5) is 12.8. The van der Waals surface area contributed by atoms with Gasteiger partial charge in [0.2, 0.25) is 0 Å². The number of aliphatic imine (C=N–C) groups is 1. The van der Waals surface area contributed by atoms with Crippen molar-refractivity contribution in [3.05, 3.63) is 51.5 Å². The molecule has 2 atom stereocenters. The Morgan fingerprint density at radius 1 is 1.30 bits per heavy atom. The SMILES string of the molecule is CN=C(NCc1nc(C)c(C)s1)NC1CC(C)N(Cc2ccccc2)C1.I. The van der Waals surface area contributed by atoms with E-state index in [0.717, 1.165) is 42.7 Å². The van der Waals surface area contributed by atoms with E-state index in [9.17, 15) is 0 Å². The molecule has 0 amide bonds. The van der Waals surface area contributed by atoms with Gasteiger partial charge >= 0.3 is 0 Å². The summed E-state index contributed by atoms with van der Waals surface area (Å²) in [6, 6.07) is 11.7. The molecule has 2 aromatic rings. The zero-order valence-corrected chi connectivity index (χ0v) is 19.7. The Labute approximate surface area is 183 Å². The van der Waals surface area contributed by atoms with E-state index >= 15 is 0 Å². The molecule has 0 spiro atoms. The van der Waals surface area contributed by atoms with Gasteiger partial charge in [0, 0.05) is 37.1 Å². The van der Waals surface area contributed by atoms with E-state index in [1.807, 2.05) is 7.05 Å². The van der Waals surface area contributed by atoms with Crippen molar-refractivity contribution >= 4 is 41.3 Å². The average molecular weight is 499 g/mol. The van der Waals surface area contributed by atoms with Crippen LogP contribution in [0.5, 0.6) is 0 Å². The lowest BCUT2D eigenvalue weighted by atomic mass is 10.2. The molecule has 1 aliphatic rings. The first-order chi connectivity index (χ1) is 12.5. The lowest BCUT2D eigenvalue weighted by Gasteiger charge is -2.21. The number of hydrogen-bond acceptors (Lipinski definition) is 4. The Kier molecular flexibility index (Phi) is 8.50. The van der Waals surface area contributed by atoms with Crippen molar-refractivity contribution < 1.29 is 0 Å². The number of nitrogens with one attached hydrogen (secondary N) is 2. The van der Waals surface area contributed by atoms with Gasteiger partial charge in [0.1, 0.15) is 5.01 Å². The first-order valence-electron chi connectivity index (χ1n) is 9.23. The van der Waals surface area contributed by atoms with E-state index in [2.05, 4.69) is 76.6 Å². The minimum absolute atomic E-state index is 0. The number of benzene rings is 1. The van der Waals surface area contributed by atoms with E-state index in [1.54, 1.807) is 11.3 Å². The second-order valence-electron chi connectivity index (χ2n) is 7.02. The summed E-state index contributed by atoms with van der Waals surface area (Å²) in [6.07, 6.45) is 1.13. The third kappa shape index (κ3) is 6.15. The van der Waals surface area contributed by atoms with Crippen LogP contribution in [0.4, 0.5) is 0 Å². The summed E-state index contributed by atoms with van der Waals surface area (Å²) in [5.41, 5.74) is 2.49. The molecule has 0 saturated carbocycles. The number of halogens is 1. The summed E-state index contributed by atoms with van der Waals surface area (Å²) in [5, 5.41) is 8.08. The minimum Gasteiger partial charge on any atom is -0.352 e. The largest absolute Gasteiger partial charge is 0.352 e. The fraction of sp³-hybridized carbons (Fsp3) is 0.500. The van der Waals surface area contributed by atoms with Gasteiger partial charge in [-0.25, -0.2) is 4.98 Å². The second-order valence-corrected chi connectivity index (χ2v) is 8.30. The highest BCUT2D eigenvalue weighted by Gasteiger charge is 2.29. The van der Waals surface area contributed by atoms with Crippen LogP contribution in [0.3, 0.4) is 0 Å². The molecule has 1 aliphatic heterocycles. The molecule has 3 rings (SSSR count). The summed E-state index contributed by atoms with van der Waals surface area (Å²) in [7, 11) is 1.83. The number of nitrogens with zero attached hydrogens (tertiary/aromatic N) is 3. The number of aromatic nitrogens is 1. The van der Waals surface area contributed by atoms with Crippen LogP contribution in [0.1, 0.15) is 34.5 Å². The molecular formula is C20H30IN5S. The van der Waals surface area contributed by atoms with Gasteiger partial charge in [-0.2, -0.15) is 0 Å². The molecular weight excluding hydrogens is 469 g/mol. The van der Waals surface area contributed by atoms with Crippen molar-refractivity contribution in [3.8, 4) is 0 Å². The zero-order valence-electron chi connectivity index (χ0n) is 16.5. The highest BCUT2D eigenvalue weighted by molar-refractivity contribution is 14.0. The molecule has 27 heavy (non-hydrogen) atoms. The monoisotopic (exact) mass is 499 g/mol. The maximum absolute atomic E-state index is 4.58. The fourth-order valence-electron chi connectivity index (χ4n) is 3.40. The fourth-order valence-corrected chi connectivity index (χ4v) is 4.28. The van der Waals surface area contributed by atoms with Crippen LogP contribution in [-0.4, -0.2) is 41.5 Å². The maximum atomic E-state index is 4.58. The van der Waals surface area contributed by atoms with E-state index < -0.39 is 0 Å². The normalized spacial score (nSPS) is 20.4. The summed E-state index contributed by atoms with van der Waals surface area (Å²) in [5.74, 6) is 0.856. The number of likely N-dealkylation sites (tertiary alicyclic amines) is 1. The Morgan fingerprint density at radius 2 is 2.04 bits per heavy atom. The molecule has 148 valence electrons. The van der Waals surface area contributed by atoms with Gasteiger partial charge in [-0.3, -0.25) is 9.89 Å². The van der Waals surface area contributed by atoms with Crippen LogP contribution in [0.2, 0.25) is 0 Å². The van der Waals surface area contributed by atoms with E-state index in [0.29, 0.717) is 12.1 Å². The highest BCUT2D eigenvalue weighted by Crippen LogP contribution is 2.20. The number of rotatable bonds is 5. The van der Waals surface area contributed by atoms with Gasteiger partial charge in [0.25, 0.3) is 0 Å². The molecule has 1 saturated heterocycles. The highest BCUT2D eigenvalue weighted by atomic mass is 127. The topological polar surface area (TPSA) is 52.6 Å². The molecule has 7 heteroatoms. The van der Waals surface area contributed by atoms with Crippen molar-refractivity contribution in [3.63, 3.8) is 0 Å². The zero-order chi connectivity index (χ0) is 18.5. The predicted octanol–water partition coefficient (Wildman–Crippen LogP) is 3.71. The number of guanidine groups is 1. The van der Waals surface area contributed by atoms with Crippen LogP contribution in [-0.2, 0) is 13.1 Å². The van der Waals surface area contributed by atoms with Gasteiger partial charge in [0.05, 0.1) is 12.2 Å². The molecule has 1 fully saturated rings. The van der Waals surface area contributed by atoms with Crippen molar-refractivity contribution in [2.45, 2.75) is 52.4 Å². The standard InChI is InChI=1S/C20H29N5S.HI/c1-14-10-18(13-25(14)12-17-8-6-5-7-9-17)24-20(21-4)22-11-19-23-15(2)16(3)26-19;/h5-9,14,18H,10-13H2,1-4H3,(H2,21,22,24);1H. The molecule has 2 heterocycles. The summed E-state index contributed by atoms with van der Waals surface area (Å²) >= 11 is 1.75. The van der Waals surface area contributed by atoms with Crippen LogP contribution in [0.25, 0.3) is 0 Å². The summed E-state index contributed by atoms with van der Waals surface area (Å²) in [6.45, 7) is 9.24. The molecule has 0 bridgehead atoms. The third-order valence-electron chi connectivity index (χ3n) is 4.98. The molecule has 0 aliphatic carbocycles. The number of hydrogen-bond donors (Lipinski definition) is 2. The molecule has 0 radical (unpaired) electrons. The first kappa shape index (κ1) is 22.1. The van der Waals surface area contributed by atoms with Crippen LogP contribution in [0.15, 0.2) is 35.3 Å². The Morgan fingerprint density at radius 3 is 2.67 bits per heavy atom. The Balaban J connectivity index is 0.00000261. The predicted molar refractivity (Wildman–Crippen MR) is 125 cm³/mol. The quantitative estimate of drug-likeness (QED) is 0.374. The van der Waals surface area contributed by atoms with E-state index in [1.165, 1.54) is 10.4 Å². The van der Waals surface area contributed by atoms with Gasteiger partial charge in [0.15, 0.2) is 5.96 Å². The minimum atomic E-state index is 0. The van der Waals surface area contributed by atoms with Gasteiger partial charge < -0.3 is 10.6 Å². The lowest BCUT2D eigenvalue weighted by Crippen LogP contribution is -2.44. The average Bonchev–Trinajstić information content (AvgIpc) is 3.14. The van der Waals surface area contributed by atoms with E-state index in [4.69, 9.17) is 0 Å². The van der Waals surface area contributed by atoms with Crippen molar-refractivity contribution in [2.75, 3.05) is 13.6 Å². The third-order valence-corrected chi connectivity index (χ3v) is 6.05. The maximum Gasteiger partial charge on any atom is 0.191 e. The molecule has 2 unspecified atom stereocenters. The smallest absolute Gasteiger partial charge is 0.191 e. The molecule has 1 aromatic carbocycles. The van der Waals surface area contributed by atoms with Crippen molar-refractivity contribution in [1.82, 2.24) is 20.5 Å². The second kappa shape index (κ2) is 10.4. The lowest BCUT2D eigenvalue weighted by molar-refractivity contribution is 0.258. The van der Waals surface area contributed by atoms with Crippen molar-refractivity contribution in [2.24, 2.45) is 4.99 Å². The van der Waals surface area contributed by atoms with E-state index in [-0.39, 0.29) is 24.0 Å². The van der Waals surface area contributed by atoms with Crippen LogP contribution in [0, 0.1) is 13.8 Å². The Hall–Kier alpha value is -1.19. The van der Waals surface area contributed by atoms with Crippen LogP contribution < -0.4 is 10.6 Å². The molecule has 1 aromatic heterocycles. The van der Waals surface area contributed by atoms with Gasteiger partial charge in [-0.15, -0.1) is 35.3 Å². The number of aryl methyl sites for hydroxylation is 2. The Bertz CT molecular complexity index is 727. The number of thiazole rings is 1. The molecule has 2 N–H and O–H groups in total. The first-order valence-corrected chi connectivity index (χ1v) is 10.0.